The molecule has 0 aliphatic rings. The molecule has 6 heteroatoms. The van der Waals surface area contributed by atoms with Crippen molar-refractivity contribution in [1.29, 1.82) is 5.26 Å². The number of benzene rings is 1. The van der Waals surface area contributed by atoms with E-state index in [1.807, 2.05) is 0 Å². The Labute approximate surface area is 121 Å². The molecule has 19 heavy (non-hydrogen) atoms. The first-order chi connectivity index (χ1) is 8.99. The van der Waals surface area contributed by atoms with Crippen LogP contribution in [-0.2, 0) is 16.0 Å². The Morgan fingerprint density at radius 1 is 1.37 bits per heavy atom. The van der Waals surface area contributed by atoms with Gasteiger partial charge in [-0.05, 0) is 24.1 Å². The summed E-state index contributed by atoms with van der Waals surface area (Å²) in [6, 6.07) is 6.76. The first kappa shape index (κ1) is 15.5. The van der Waals surface area contributed by atoms with Crippen molar-refractivity contribution in [1.82, 2.24) is 5.32 Å². The van der Waals surface area contributed by atoms with Gasteiger partial charge in [-0.25, -0.2) is 0 Å². The molecule has 1 rings (SSSR count). The molecule has 100 valence electrons. The summed E-state index contributed by atoms with van der Waals surface area (Å²) in [7, 11) is 1.39. The summed E-state index contributed by atoms with van der Waals surface area (Å²) in [6.07, 6.45) is 0.508. The molecule has 1 aromatic carbocycles. The van der Waals surface area contributed by atoms with Crippen LogP contribution in [0.3, 0.4) is 0 Å². The number of nitrogens with zero attached hydrogens (tertiary/aromatic N) is 1. The Morgan fingerprint density at radius 2 is 2.05 bits per heavy atom. The van der Waals surface area contributed by atoms with Gasteiger partial charge in [0.15, 0.2) is 11.7 Å². The molecule has 0 unspecified atom stereocenters. The van der Waals surface area contributed by atoms with E-state index < -0.39 is 17.6 Å². The minimum absolute atomic E-state index is 0.101. The number of halogens is 2. The first-order valence-corrected chi connectivity index (χ1v) is 6.33. The number of hydrogen-bond donors (Lipinski definition) is 1. The smallest absolute Gasteiger partial charge is 0.244 e. The molecule has 4 nitrogen and oxygen atoms in total. The van der Waals surface area contributed by atoms with Crippen LogP contribution in [0.25, 0.3) is 0 Å². The van der Waals surface area contributed by atoms with Crippen LogP contribution in [0.2, 0.25) is 10.0 Å². The second-order valence-electron chi connectivity index (χ2n) is 3.89. The molecule has 0 saturated heterocycles. The zero-order chi connectivity index (χ0) is 14.4. The summed E-state index contributed by atoms with van der Waals surface area (Å²) < 4.78 is 0. The molecule has 0 fully saturated rings. The van der Waals surface area contributed by atoms with Gasteiger partial charge in [0.25, 0.3) is 0 Å². The van der Waals surface area contributed by atoms with E-state index in [1.54, 1.807) is 24.3 Å². The maximum Gasteiger partial charge on any atom is 0.244 e. The summed E-state index contributed by atoms with van der Waals surface area (Å²) in [6.45, 7) is 0. The number of Topliss-reactive ketones (excluding diaryl/α,β-unsaturated/α-hetero) is 1. The van der Waals surface area contributed by atoms with Crippen LogP contribution in [0.1, 0.15) is 12.0 Å². The zero-order valence-electron chi connectivity index (χ0n) is 10.2. The number of hydrogen-bond acceptors (Lipinski definition) is 3. The van der Waals surface area contributed by atoms with E-state index >= 15 is 0 Å². The number of aryl methyl sites for hydroxylation is 1. The molecule has 1 aromatic rings. The molecule has 1 atom stereocenters. The average molecular weight is 299 g/mol. The second kappa shape index (κ2) is 7.13. The third kappa shape index (κ3) is 4.23. The van der Waals surface area contributed by atoms with Crippen molar-refractivity contribution in [2.45, 2.75) is 12.8 Å². The first-order valence-electron chi connectivity index (χ1n) is 5.57. The SMILES string of the molecule is CNC(=O)[C@@H](C#N)C(=O)CCc1ccc(Cl)c(Cl)c1. The average Bonchev–Trinajstić information content (AvgIpc) is 2.40. The van der Waals surface area contributed by atoms with Gasteiger partial charge in [0.2, 0.25) is 5.91 Å². The van der Waals surface area contributed by atoms with E-state index in [4.69, 9.17) is 28.5 Å². The number of carbonyl (C=O) groups is 2. The van der Waals surface area contributed by atoms with Crippen LogP contribution in [0.5, 0.6) is 0 Å². The Morgan fingerprint density at radius 3 is 2.58 bits per heavy atom. The Balaban J connectivity index is 2.66. The van der Waals surface area contributed by atoms with E-state index in [9.17, 15) is 9.59 Å². The van der Waals surface area contributed by atoms with Crippen LogP contribution in [0, 0.1) is 17.2 Å². The maximum atomic E-state index is 11.8. The number of ketones is 1. The predicted molar refractivity (Wildman–Crippen MR) is 73.0 cm³/mol. The van der Waals surface area contributed by atoms with Crippen molar-refractivity contribution >= 4 is 34.9 Å². The fraction of sp³-hybridized carbons (Fsp3) is 0.308. The van der Waals surface area contributed by atoms with Crippen LogP contribution in [0.4, 0.5) is 0 Å². The van der Waals surface area contributed by atoms with E-state index in [2.05, 4.69) is 5.32 Å². The monoisotopic (exact) mass is 298 g/mol. The van der Waals surface area contributed by atoms with Gasteiger partial charge in [-0.3, -0.25) is 9.59 Å². The molecule has 0 spiro atoms. The third-order valence-electron chi connectivity index (χ3n) is 2.60. The zero-order valence-corrected chi connectivity index (χ0v) is 11.8. The predicted octanol–water partition coefficient (Wildman–Crippen LogP) is 2.38. The van der Waals surface area contributed by atoms with Gasteiger partial charge in [-0.15, -0.1) is 0 Å². The fourth-order valence-electron chi connectivity index (χ4n) is 1.53. The van der Waals surface area contributed by atoms with Gasteiger partial charge in [-0.1, -0.05) is 29.3 Å². The summed E-state index contributed by atoms with van der Waals surface area (Å²) >= 11 is 11.6. The highest BCUT2D eigenvalue weighted by atomic mass is 35.5. The largest absolute Gasteiger partial charge is 0.358 e. The lowest BCUT2D eigenvalue weighted by Gasteiger charge is -2.07. The van der Waals surface area contributed by atoms with Crippen molar-refractivity contribution in [2.75, 3.05) is 7.05 Å². The van der Waals surface area contributed by atoms with E-state index in [0.29, 0.717) is 16.5 Å². The lowest BCUT2D eigenvalue weighted by atomic mass is 9.98. The summed E-state index contributed by atoms with van der Waals surface area (Å²) in [4.78, 5) is 23.1. The van der Waals surface area contributed by atoms with E-state index in [-0.39, 0.29) is 6.42 Å². The Bertz CT molecular complexity index is 538. The highest BCUT2D eigenvalue weighted by Gasteiger charge is 2.24. The normalized spacial score (nSPS) is 11.5. The molecular weight excluding hydrogens is 287 g/mol. The molecule has 1 N–H and O–H groups in total. The number of nitriles is 1. The van der Waals surface area contributed by atoms with Gasteiger partial charge < -0.3 is 5.32 Å². The van der Waals surface area contributed by atoms with Crippen molar-refractivity contribution in [3.05, 3.63) is 33.8 Å². The van der Waals surface area contributed by atoms with Crippen molar-refractivity contribution < 1.29 is 9.59 Å². The van der Waals surface area contributed by atoms with Crippen LogP contribution >= 0.6 is 23.2 Å². The van der Waals surface area contributed by atoms with Crippen LogP contribution in [0.15, 0.2) is 18.2 Å². The fourth-order valence-corrected chi connectivity index (χ4v) is 1.85. The minimum Gasteiger partial charge on any atom is -0.358 e. The molecule has 1 amide bonds. The Kier molecular flexibility index (Phi) is 5.81. The highest BCUT2D eigenvalue weighted by molar-refractivity contribution is 6.42. The van der Waals surface area contributed by atoms with Crippen molar-refractivity contribution in [2.24, 2.45) is 5.92 Å². The van der Waals surface area contributed by atoms with Gasteiger partial charge >= 0.3 is 0 Å². The number of nitrogens with one attached hydrogen (secondary N) is 1. The quantitative estimate of drug-likeness (QED) is 0.849. The Hall–Kier alpha value is -1.57. The van der Waals surface area contributed by atoms with E-state index in [0.717, 1.165) is 5.56 Å². The molecular formula is C13H12Cl2N2O2. The van der Waals surface area contributed by atoms with Crippen LogP contribution in [-0.4, -0.2) is 18.7 Å². The number of amides is 1. The molecule has 0 aliphatic heterocycles. The van der Waals surface area contributed by atoms with Gasteiger partial charge in [0, 0.05) is 13.5 Å². The summed E-state index contributed by atoms with van der Waals surface area (Å²) in [5.41, 5.74) is 0.830. The summed E-state index contributed by atoms with van der Waals surface area (Å²) in [5, 5.41) is 11.9. The van der Waals surface area contributed by atoms with Gasteiger partial charge in [0.05, 0.1) is 16.1 Å². The molecule has 0 bridgehead atoms. The topological polar surface area (TPSA) is 70.0 Å². The molecule has 0 saturated carbocycles. The van der Waals surface area contributed by atoms with Crippen LogP contribution < -0.4 is 5.32 Å². The lowest BCUT2D eigenvalue weighted by Crippen LogP contribution is -2.32. The van der Waals surface area contributed by atoms with Crippen molar-refractivity contribution in [3.63, 3.8) is 0 Å². The molecule has 0 aliphatic carbocycles. The molecule has 0 heterocycles. The molecule has 0 radical (unpaired) electrons. The molecule has 0 aromatic heterocycles. The van der Waals surface area contributed by atoms with Crippen molar-refractivity contribution in [3.8, 4) is 6.07 Å². The standard InChI is InChI=1S/C13H12Cl2N2O2/c1-17-13(19)9(7-16)12(18)5-3-8-2-4-10(14)11(15)6-8/h2,4,6,9H,3,5H2,1H3,(H,17,19)/t9-/m0/s1. The number of rotatable bonds is 5. The van der Waals surface area contributed by atoms with Gasteiger partial charge in [-0.2, -0.15) is 5.26 Å². The minimum atomic E-state index is -1.26. The number of carbonyl (C=O) groups excluding carboxylic acids is 2. The maximum absolute atomic E-state index is 11.8. The highest BCUT2D eigenvalue weighted by Crippen LogP contribution is 2.23. The summed E-state index contributed by atoms with van der Waals surface area (Å²) in [5.74, 6) is -2.25. The van der Waals surface area contributed by atoms with E-state index in [1.165, 1.54) is 7.05 Å². The van der Waals surface area contributed by atoms with Gasteiger partial charge in [0.1, 0.15) is 0 Å². The third-order valence-corrected chi connectivity index (χ3v) is 3.34. The second-order valence-corrected chi connectivity index (χ2v) is 4.71. The lowest BCUT2D eigenvalue weighted by molar-refractivity contribution is -0.131.